The van der Waals surface area contributed by atoms with Gasteiger partial charge in [-0.2, -0.15) is 0 Å². The van der Waals surface area contributed by atoms with Crippen molar-refractivity contribution in [2.24, 2.45) is 0 Å². The Bertz CT molecular complexity index is 427. The number of ether oxygens (including phenoxy) is 1. The lowest BCUT2D eigenvalue weighted by Gasteiger charge is -2.17. The number of nitrogens with one attached hydrogen (secondary N) is 1. The molecule has 2 unspecified atom stereocenters. The van der Waals surface area contributed by atoms with Gasteiger partial charge in [0.1, 0.15) is 11.9 Å². The lowest BCUT2D eigenvalue weighted by Crippen LogP contribution is -2.28. The number of aryl methyl sites for hydroxylation is 2. The maximum atomic E-state index is 6.11. The Hall–Kier alpha value is -1.02. The number of likely N-dealkylation sites (N-methyl/N-ethyl adjacent to an activating group) is 1. The minimum atomic E-state index is 0.322. The minimum absolute atomic E-state index is 0.322. The predicted octanol–water partition coefficient (Wildman–Crippen LogP) is 3.00. The Kier molecular flexibility index (Phi) is 2.83. The van der Waals surface area contributed by atoms with Gasteiger partial charge in [0, 0.05) is 5.56 Å². The van der Waals surface area contributed by atoms with Gasteiger partial charge in [0.2, 0.25) is 0 Å². The summed E-state index contributed by atoms with van der Waals surface area (Å²) in [7, 11) is 2.04. The molecule has 0 amide bonds. The summed E-state index contributed by atoms with van der Waals surface area (Å²) in [6.07, 6.45) is 6.41. The van der Waals surface area contributed by atoms with E-state index in [1.807, 2.05) is 7.05 Å². The van der Waals surface area contributed by atoms with E-state index in [0.29, 0.717) is 12.1 Å². The number of benzene rings is 1. The van der Waals surface area contributed by atoms with Crippen LogP contribution in [0.15, 0.2) is 12.1 Å². The van der Waals surface area contributed by atoms with Gasteiger partial charge in [-0.25, -0.2) is 0 Å². The number of rotatable bonds is 3. The maximum Gasteiger partial charge on any atom is 0.125 e. The highest BCUT2D eigenvalue weighted by atomic mass is 16.5. The fraction of sp³-hybridized carbons (Fsp3) is 0.600. The molecule has 0 saturated heterocycles. The second-order valence-corrected chi connectivity index (χ2v) is 5.22. The van der Waals surface area contributed by atoms with Gasteiger partial charge in [0.15, 0.2) is 0 Å². The summed E-state index contributed by atoms with van der Waals surface area (Å²) < 4.78 is 6.11. The molecule has 17 heavy (non-hydrogen) atoms. The summed E-state index contributed by atoms with van der Waals surface area (Å²) in [5.41, 5.74) is 4.44. The Morgan fingerprint density at radius 2 is 2.06 bits per heavy atom. The molecule has 0 radical (unpaired) electrons. The van der Waals surface area contributed by atoms with Crippen molar-refractivity contribution in [2.45, 2.75) is 51.2 Å². The quantitative estimate of drug-likeness (QED) is 0.863. The van der Waals surface area contributed by atoms with E-state index in [1.165, 1.54) is 36.8 Å². The Morgan fingerprint density at radius 3 is 2.76 bits per heavy atom. The molecule has 2 nitrogen and oxygen atoms in total. The molecule has 2 heteroatoms. The minimum Gasteiger partial charge on any atom is -0.488 e. The molecule has 3 rings (SSSR count). The van der Waals surface area contributed by atoms with Crippen LogP contribution in [0.25, 0.3) is 0 Å². The second kappa shape index (κ2) is 4.34. The van der Waals surface area contributed by atoms with Crippen LogP contribution in [0.1, 0.15) is 48.9 Å². The molecule has 0 saturated carbocycles. The van der Waals surface area contributed by atoms with Crippen molar-refractivity contribution in [3.8, 4) is 5.75 Å². The molecule has 1 heterocycles. The van der Waals surface area contributed by atoms with Crippen molar-refractivity contribution >= 4 is 0 Å². The lowest BCUT2D eigenvalue weighted by atomic mass is 9.97. The zero-order valence-corrected chi connectivity index (χ0v) is 10.8. The molecule has 0 aromatic heterocycles. The smallest absolute Gasteiger partial charge is 0.125 e. The van der Waals surface area contributed by atoms with Crippen molar-refractivity contribution in [1.82, 2.24) is 5.32 Å². The third-order valence-electron chi connectivity index (χ3n) is 4.09. The zero-order valence-electron chi connectivity index (χ0n) is 10.8. The van der Waals surface area contributed by atoms with Crippen molar-refractivity contribution < 1.29 is 4.74 Å². The summed E-state index contributed by atoms with van der Waals surface area (Å²) in [6.45, 7) is 2.22. The molecule has 1 aromatic carbocycles. The average Bonchev–Trinajstić information content (AvgIpc) is 2.89. The first-order valence-corrected chi connectivity index (χ1v) is 6.83. The maximum absolute atomic E-state index is 6.11. The van der Waals surface area contributed by atoms with Crippen LogP contribution in [0.5, 0.6) is 5.75 Å². The molecule has 92 valence electrons. The molecule has 0 spiro atoms. The van der Waals surface area contributed by atoms with Crippen molar-refractivity contribution in [1.29, 1.82) is 0 Å². The number of hydrogen-bond donors (Lipinski definition) is 1. The molecule has 1 aliphatic carbocycles. The van der Waals surface area contributed by atoms with E-state index in [1.54, 1.807) is 5.56 Å². The van der Waals surface area contributed by atoms with E-state index in [4.69, 9.17) is 4.74 Å². The first kappa shape index (κ1) is 11.1. The van der Waals surface area contributed by atoms with Crippen LogP contribution < -0.4 is 10.1 Å². The molecule has 1 aromatic rings. The van der Waals surface area contributed by atoms with E-state index in [2.05, 4.69) is 24.4 Å². The Morgan fingerprint density at radius 1 is 1.29 bits per heavy atom. The lowest BCUT2D eigenvalue weighted by molar-refractivity contribution is 0.182. The molecule has 2 atom stereocenters. The second-order valence-electron chi connectivity index (χ2n) is 5.22. The van der Waals surface area contributed by atoms with E-state index in [9.17, 15) is 0 Å². The van der Waals surface area contributed by atoms with Crippen LogP contribution in [-0.2, 0) is 12.8 Å². The summed E-state index contributed by atoms with van der Waals surface area (Å²) >= 11 is 0. The van der Waals surface area contributed by atoms with E-state index >= 15 is 0 Å². The van der Waals surface area contributed by atoms with Gasteiger partial charge in [0.05, 0.1) is 6.04 Å². The molecule has 2 aliphatic rings. The van der Waals surface area contributed by atoms with Crippen LogP contribution in [-0.4, -0.2) is 13.2 Å². The number of fused-ring (bicyclic) bond motifs is 2. The monoisotopic (exact) mass is 231 g/mol. The van der Waals surface area contributed by atoms with E-state index in [-0.39, 0.29) is 0 Å². The van der Waals surface area contributed by atoms with Crippen molar-refractivity contribution in [3.05, 3.63) is 28.8 Å². The van der Waals surface area contributed by atoms with E-state index < -0.39 is 0 Å². The normalized spacial score (nSPS) is 25.5. The Balaban J connectivity index is 1.96. The molecular weight excluding hydrogens is 210 g/mol. The zero-order chi connectivity index (χ0) is 11.8. The molecule has 0 bridgehead atoms. The molecule has 0 fully saturated rings. The van der Waals surface area contributed by atoms with Crippen LogP contribution in [0.4, 0.5) is 0 Å². The van der Waals surface area contributed by atoms with Gasteiger partial charge in [-0.05, 0) is 49.9 Å². The van der Waals surface area contributed by atoms with Crippen LogP contribution in [0.3, 0.4) is 0 Å². The standard InChI is InChI=1S/C15H21NO/c1-3-5-13-15(16-2)12-8-10-6-4-7-11(10)9-14(12)17-13/h8-9,13,15-16H,3-7H2,1-2H3. The fourth-order valence-electron chi connectivity index (χ4n) is 3.25. The highest BCUT2D eigenvalue weighted by molar-refractivity contribution is 5.49. The third kappa shape index (κ3) is 1.75. The average molecular weight is 231 g/mol. The molecular formula is C15H21NO. The van der Waals surface area contributed by atoms with Gasteiger partial charge < -0.3 is 10.1 Å². The molecule has 1 N–H and O–H groups in total. The number of hydrogen-bond acceptors (Lipinski definition) is 2. The summed E-state index contributed by atoms with van der Waals surface area (Å²) in [5.74, 6) is 1.13. The van der Waals surface area contributed by atoms with E-state index in [0.717, 1.165) is 12.2 Å². The van der Waals surface area contributed by atoms with Gasteiger partial charge >= 0.3 is 0 Å². The molecule has 1 aliphatic heterocycles. The van der Waals surface area contributed by atoms with Crippen LogP contribution in [0, 0.1) is 0 Å². The van der Waals surface area contributed by atoms with Crippen LogP contribution in [0.2, 0.25) is 0 Å². The topological polar surface area (TPSA) is 21.3 Å². The largest absolute Gasteiger partial charge is 0.488 e. The Labute approximate surface area is 103 Å². The third-order valence-corrected chi connectivity index (χ3v) is 4.09. The highest BCUT2D eigenvalue weighted by Crippen LogP contribution is 2.41. The fourth-order valence-corrected chi connectivity index (χ4v) is 3.25. The summed E-state index contributed by atoms with van der Waals surface area (Å²) in [6, 6.07) is 5.06. The SMILES string of the molecule is CCCC1Oc2cc3c(cc2C1NC)CCC3. The van der Waals surface area contributed by atoms with Gasteiger partial charge in [0.25, 0.3) is 0 Å². The van der Waals surface area contributed by atoms with Gasteiger partial charge in [-0.1, -0.05) is 19.4 Å². The summed E-state index contributed by atoms with van der Waals surface area (Å²) in [4.78, 5) is 0. The van der Waals surface area contributed by atoms with Gasteiger partial charge in [-0.15, -0.1) is 0 Å². The van der Waals surface area contributed by atoms with Crippen LogP contribution >= 0.6 is 0 Å². The van der Waals surface area contributed by atoms with Crippen molar-refractivity contribution in [2.75, 3.05) is 7.05 Å². The summed E-state index contributed by atoms with van der Waals surface area (Å²) in [5, 5.41) is 3.42. The van der Waals surface area contributed by atoms with Gasteiger partial charge in [-0.3, -0.25) is 0 Å². The predicted molar refractivity (Wildman–Crippen MR) is 69.6 cm³/mol. The van der Waals surface area contributed by atoms with Crippen molar-refractivity contribution in [3.63, 3.8) is 0 Å². The first-order chi connectivity index (χ1) is 8.33. The first-order valence-electron chi connectivity index (χ1n) is 6.83. The highest BCUT2D eigenvalue weighted by Gasteiger charge is 2.33.